The quantitative estimate of drug-likeness (QED) is 0.547. The lowest BCUT2D eigenvalue weighted by atomic mass is 9.88. The predicted molar refractivity (Wildman–Crippen MR) is 128 cm³/mol. The number of carbonyl (C=O) groups excluding carboxylic acids is 2. The molecule has 166 valence electrons. The number of benzene rings is 1. The van der Waals surface area contributed by atoms with Crippen molar-refractivity contribution >= 4 is 57.7 Å². The molecule has 0 bridgehead atoms. The van der Waals surface area contributed by atoms with Crippen molar-refractivity contribution in [3.8, 4) is 6.07 Å². The van der Waals surface area contributed by atoms with Gasteiger partial charge in [-0.05, 0) is 30.5 Å². The third kappa shape index (κ3) is 4.00. The molecule has 1 unspecified atom stereocenters. The zero-order chi connectivity index (χ0) is 23.7. The van der Waals surface area contributed by atoms with Gasteiger partial charge in [0.25, 0.3) is 11.5 Å². The third-order valence-corrected chi connectivity index (χ3v) is 7.15. The standard InChI is InChI=1S/C23H18N4O4S2/c1-12-5-7-13(8-6-12)26-21(29)19-18(15-4-3-9-32-15)14(11-24)20(25)27-22(30)16(33-23(19)27)10-17(28)31-2/h3-10,18H,25H2,1-2H3,(H,26,29). The van der Waals surface area contributed by atoms with Gasteiger partial charge in [0.15, 0.2) is 0 Å². The fourth-order valence-electron chi connectivity index (χ4n) is 3.51. The van der Waals surface area contributed by atoms with Crippen LogP contribution in [0.15, 0.2) is 52.1 Å². The van der Waals surface area contributed by atoms with Crippen molar-refractivity contribution in [1.82, 2.24) is 4.57 Å². The molecular weight excluding hydrogens is 460 g/mol. The number of aryl methyl sites for hydroxylation is 1. The summed E-state index contributed by atoms with van der Waals surface area (Å²) in [5, 5.41) is 14.6. The molecular formula is C23H18N4O4S2. The number of rotatable bonds is 4. The molecule has 1 atom stereocenters. The van der Waals surface area contributed by atoms with Crippen molar-refractivity contribution in [2.24, 2.45) is 5.73 Å². The van der Waals surface area contributed by atoms with Gasteiger partial charge in [0, 0.05) is 16.6 Å². The van der Waals surface area contributed by atoms with Gasteiger partial charge in [0.1, 0.15) is 15.0 Å². The molecule has 3 aromatic rings. The highest BCUT2D eigenvalue weighted by Gasteiger charge is 2.36. The van der Waals surface area contributed by atoms with Crippen LogP contribution in [0.3, 0.4) is 0 Å². The normalized spacial score (nSPS) is 15.7. The van der Waals surface area contributed by atoms with Crippen molar-refractivity contribution in [3.05, 3.63) is 77.3 Å². The van der Waals surface area contributed by atoms with Crippen LogP contribution in [0.5, 0.6) is 0 Å². The van der Waals surface area contributed by atoms with E-state index in [4.69, 9.17) is 5.73 Å². The fourth-order valence-corrected chi connectivity index (χ4v) is 5.49. The molecule has 8 nitrogen and oxygen atoms in total. The molecule has 0 radical (unpaired) electrons. The van der Waals surface area contributed by atoms with Gasteiger partial charge < -0.3 is 15.8 Å². The van der Waals surface area contributed by atoms with Crippen molar-refractivity contribution in [3.63, 3.8) is 0 Å². The minimum Gasteiger partial charge on any atom is -0.466 e. The highest BCUT2D eigenvalue weighted by molar-refractivity contribution is 7.10. The summed E-state index contributed by atoms with van der Waals surface area (Å²) in [5.41, 5.74) is 7.55. The SMILES string of the molecule is COC(=O)C=c1sc2n(c1=O)C(N)=C(C#N)C(c1cccs1)C=2C(=O)Nc1ccc(C)cc1. The molecule has 1 aliphatic heterocycles. The Morgan fingerprint density at radius 1 is 1.27 bits per heavy atom. The Morgan fingerprint density at radius 2 is 2.00 bits per heavy atom. The average Bonchev–Trinajstić information content (AvgIpc) is 3.44. The van der Waals surface area contributed by atoms with Gasteiger partial charge in [-0.1, -0.05) is 23.8 Å². The number of nitrogens with two attached hydrogens (primary N) is 1. The van der Waals surface area contributed by atoms with Crippen LogP contribution in [0, 0.1) is 18.3 Å². The number of methoxy groups -OCH3 is 1. The highest BCUT2D eigenvalue weighted by Crippen LogP contribution is 2.38. The zero-order valence-corrected chi connectivity index (χ0v) is 19.3. The van der Waals surface area contributed by atoms with E-state index in [9.17, 15) is 19.6 Å². The lowest BCUT2D eigenvalue weighted by molar-refractivity contribution is -0.133. The van der Waals surface area contributed by atoms with Gasteiger partial charge in [-0.2, -0.15) is 5.26 Å². The van der Waals surface area contributed by atoms with Crippen LogP contribution in [0.1, 0.15) is 16.4 Å². The number of nitrogens with zero attached hydrogens (tertiary/aromatic N) is 2. The van der Waals surface area contributed by atoms with E-state index in [-0.39, 0.29) is 26.2 Å². The third-order valence-electron chi connectivity index (χ3n) is 5.10. The maximum Gasteiger partial charge on any atom is 0.332 e. The largest absolute Gasteiger partial charge is 0.466 e. The van der Waals surface area contributed by atoms with E-state index in [1.54, 1.807) is 12.1 Å². The molecule has 1 aromatic carbocycles. The first kappa shape index (κ1) is 22.3. The smallest absolute Gasteiger partial charge is 0.332 e. The summed E-state index contributed by atoms with van der Waals surface area (Å²) >= 11 is 2.32. The molecule has 1 aliphatic rings. The number of ether oxygens (including phenoxy) is 1. The number of nitriles is 1. The van der Waals surface area contributed by atoms with E-state index in [0.717, 1.165) is 32.4 Å². The maximum absolute atomic E-state index is 13.6. The molecule has 0 fully saturated rings. The lowest BCUT2D eigenvalue weighted by Crippen LogP contribution is -2.40. The lowest BCUT2D eigenvalue weighted by Gasteiger charge is -2.24. The van der Waals surface area contributed by atoms with Gasteiger partial charge in [0.2, 0.25) is 0 Å². The Bertz CT molecular complexity index is 1500. The number of anilines is 1. The van der Waals surface area contributed by atoms with Crippen molar-refractivity contribution in [2.45, 2.75) is 12.8 Å². The Balaban J connectivity index is 2.02. The van der Waals surface area contributed by atoms with E-state index in [2.05, 4.69) is 16.1 Å². The van der Waals surface area contributed by atoms with Crippen LogP contribution >= 0.6 is 22.7 Å². The Kier molecular flexibility index (Phi) is 6.00. The Morgan fingerprint density at radius 3 is 2.61 bits per heavy atom. The predicted octanol–water partition coefficient (Wildman–Crippen LogP) is 1.47. The summed E-state index contributed by atoms with van der Waals surface area (Å²) < 4.78 is 6.06. The fraction of sp³-hybridized carbons (Fsp3) is 0.130. The van der Waals surface area contributed by atoms with Crippen molar-refractivity contribution in [2.75, 3.05) is 12.4 Å². The van der Waals surface area contributed by atoms with Crippen LogP contribution in [-0.4, -0.2) is 23.6 Å². The van der Waals surface area contributed by atoms with Gasteiger partial charge in [-0.3, -0.25) is 14.2 Å². The van der Waals surface area contributed by atoms with Crippen LogP contribution < -0.4 is 25.8 Å². The first-order valence-electron chi connectivity index (χ1n) is 9.73. The maximum atomic E-state index is 13.6. The number of hydrogen-bond donors (Lipinski definition) is 2. The van der Waals surface area contributed by atoms with E-state index in [1.165, 1.54) is 18.4 Å². The molecule has 3 N–H and O–H groups in total. The van der Waals surface area contributed by atoms with E-state index >= 15 is 0 Å². The summed E-state index contributed by atoms with van der Waals surface area (Å²) in [6.45, 7) is 1.94. The number of allylic oxidation sites excluding steroid dienone is 1. The number of amides is 1. The first-order valence-corrected chi connectivity index (χ1v) is 11.4. The molecule has 4 rings (SSSR count). The number of nitrogens with one attached hydrogen (secondary N) is 1. The second kappa shape index (κ2) is 8.90. The monoisotopic (exact) mass is 478 g/mol. The number of thiophene rings is 1. The summed E-state index contributed by atoms with van der Waals surface area (Å²) in [7, 11) is 1.20. The number of thiazole rings is 1. The number of carbonyl (C=O) groups is 2. The van der Waals surface area contributed by atoms with E-state index < -0.39 is 23.4 Å². The molecule has 0 saturated carbocycles. The van der Waals surface area contributed by atoms with Crippen molar-refractivity contribution < 1.29 is 14.3 Å². The summed E-state index contributed by atoms with van der Waals surface area (Å²) in [6, 6.07) is 13.0. The summed E-state index contributed by atoms with van der Waals surface area (Å²) in [4.78, 5) is 39.1. The van der Waals surface area contributed by atoms with Crippen LogP contribution in [0.4, 0.5) is 5.69 Å². The van der Waals surface area contributed by atoms with E-state index in [0.29, 0.717) is 5.69 Å². The van der Waals surface area contributed by atoms with Gasteiger partial charge in [-0.15, -0.1) is 22.7 Å². The zero-order valence-electron chi connectivity index (χ0n) is 17.6. The second-order valence-corrected chi connectivity index (χ2v) is 9.18. The molecule has 3 heterocycles. The summed E-state index contributed by atoms with van der Waals surface area (Å²) in [5.74, 6) is -2.01. The number of fused-ring (bicyclic) bond motifs is 1. The molecule has 0 saturated heterocycles. The molecule has 2 aromatic heterocycles. The second-order valence-electron chi connectivity index (χ2n) is 7.17. The first-order chi connectivity index (χ1) is 15.8. The summed E-state index contributed by atoms with van der Waals surface area (Å²) in [6.07, 6.45) is 1.05. The molecule has 0 aliphatic carbocycles. The van der Waals surface area contributed by atoms with Crippen molar-refractivity contribution in [1.29, 1.82) is 5.26 Å². The molecule has 33 heavy (non-hydrogen) atoms. The van der Waals surface area contributed by atoms with Gasteiger partial charge in [0.05, 0.1) is 30.2 Å². The Labute approximate surface area is 196 Å². The number of hydrogen-bond acceptors (Lipinski definition) is 8. The average molecular weight is 479 g/mol. The van der Waals surface area contributed by atoms with Crippen LogP contribution in [0.25, 0.3) is 17.5 Å². The van der Waals surface area contributed by atoms with Gasteiger partial charge >= 0.3 is 5.97 Å². The molecule has 0 spiro atoms. The molecule has 10 heteroatoms. The topological polar surface area (TPSA) is 127 Å². The van der Waals surface area contributed by atoms with Crippen LogP contribution in [0.2, 0.25) is 0 Å². The number of esters is 1. The number of aromatic nitrogens is 1. The minimum atomic E-state index is -0.760. The minimum absolute atomic E-state index is 0.0459. The Hall–Kier alpha value is -3.94. The van der Waals surface area contributed by atoms with Gasteiger partial charge in [-0.25, -0.2) is 4.79 Å². The van der Waals surface area contributed by atoms with Crippen LogP contribution in [-0.2, 0) is 14.3 Å². The van der Waals surface area contributed by atoms with E-state index in [1.807, 2.05) is 36.6 Å². The highest BCUT2D eigenvalue weighted by atomic mass is 32.1. The molecule has 1 amide bonds.